The van der Waals surface area contributed by atoms with E-state index in [1.54, 1.807) is 21.9 Å². The van der Waals surface area contributed by atoms with Crippen LogP contribution in [0, 0.1) is 15.5 Å². The molecule has 0 bridgehead atoms. The molecule has 0 aliphatic carbocycles. The number of likely N-dealkylation sites (tertiary alicyclic amines) is 1. The van der Waals surface area contributed by atoms with Crippen LogP contribution in [-0.2, 0) is 16.0 Å². The van der Waals surface area contributed by atoms with E-state index < -0.39 is 16.6 Å². The van der Waals surface area contributed by atoms with E-state index >= 15 is 0 Å². The summed E-state index contributed by atoms with van der Waals surface area (Å²) in [7, 11) is 0. The van der Waals surface area contributed by atoms with Gasteiger partial charge in [-0.05, 0) is 57.6 Å². The van der Waals surface area contributed by atoms with Crippen molar-refractivity contribution >= 4 is 23.6 Å². The highest BCUT2D eigenvalue weighted by molar-refractivity contribution is 5.70. The van der Waals surface area contributed by atoms with Gasteiger partial charge in [-0.1, -0.05) is 39.5 Å². The number of rotatable bonds is 9. The molecule has 1 aliphatic rings. The number of amides is 2. The number of nitro groups is 1. The molecule has 1 N–H and O–H groups in total. The number of hydrogen-bond donors (Lipinski definition) is 1. The Hall–Kier alpha value is -3.30. The second-order valence-electron chi connectivity index (χ2n) is 11.5. The summed E-state index contributed by atoms with van der Waals surface area (Å²) in [4.78, 5) is 40.1. The fourth-order valence-corrected chi connectivity index (χ4v) is 4.05. The van der Waals surface area contributed by atoms with Crippen LogP contribution in [0.25, 0.3) is 0 Å². The molecule has 1 heterocycles. The zero-order valence-corrected chi connectivity index (χ0v) is 23.2. The summed E-state index contributed by atoms with van der Waals surface area (Å²) < 4.78 is 10.8. The van der Waals surface area contributed by atoms with E-state index in [-0.39, 0.29) is 42.4 Å². The number of carbonyl (C=O) groups is 2. The molecular formula is C27H42N4O6. The van der Waals surface area contributed by atoms with Gasteiger partial charge in [-0.2, -0.15) is 0 Å². The van der Waals surface area contributed by atoms with Crippen molar-refractivity contribution < 1.29 is 24.0 Å². The molecule has 1 aliphatic heterocycles. The van der Waals surface area contributed by atoms with Gasteiger partial charge in [-0.15, -0.1) is 0 Å². The Kier molecular flexibility index (Phi) is 9.94. The lowest BCUT2D eigenvalue weighted by Crippen LogP contribution is -2.45. The number of benzene rings is 1. The van der Waals surface area contributed by atoms with Crippen molar-refractivity contribution in [3.63, 3.8) is 0 Å². The third-order valence-electron chi connectivity index (χ3n) is 6.43. The molecule has 0 saturated carbocycles. The standard InChI is InChI=1S/C27H42N4O6/c1-9-15-36-24(32)30(19(2)26(3,4)5)18-20-12-13-22(23(16-20)31(34)35)28-17-21-11-10-14-29(21)25(33)37-27(6,7)8/h9,12-13,16,19,21,28H,1,10-11,14-15,17-18H2,2-8H3/t19-,21?/m0/s1. The smallest absolute Gasteiger partial charge is 0.410 e. The van der Waals surface area contributed by atoms with Crippen molar-refractivity contribution in [3.05, 3.63) is 46.5 Å². The van der Waals surface area contributed by atoms with Gasteiger partial charge in [0.25, 0.3) is 5.69 Å². The molecule has 2 amide bonds. The van der Waals surface area contributed by atoms with Crippen molar-refractivity contribution in [3.8, 4) is 0 Å². The first-order valence-corrected chi connectivity index (χ1v) is 12.7. The first-order valence-electron chi connectivity index (χ1n) is 12.7. The summed E-state index contributed by atoms with van der Waals surface area (Å²) in [5, 5.41) is 15.1. The monoisotopic (exact) mass is 518 g/mol. The van der Waals surface area contributed by atoms with Gasteiger partial charge in [-0.3, -0.25) is 10.1 Å². The Bertz CT molecular complexity index is 982. The average molecular weight is 519 g/mol. The Morgan fingerprint density at radius 3 is 2.54 bits per heavy atom. The summed E-state index contributed by atoms with van der Waals surface area (Å²) in [6, 6.07) is 4.57. The molecule has 1 aromatic carbocycles. The number of nitrogens with one attached hydrogen (secondary N) is 1. The third kappa shape index (κ3) is 8.65. The molecule has 0 spiro atoms. The van der Waals surface area contributed by atoms with Gasteiger partial charge in [0, 0.05) is 31.7 Å². The fraction of sp³-hybridized carbons (Fsp3) is 0.630. The molecule has 0 radical (unpaired) electrons. The zero-order valence-electron chi connectivity index (χ0n) is 23.2. The van der Waals surface area contributed by atoms with Crippen molar-refractivity contribution in [1.82, 2.24) is 9.80 Å². The summed E-state index contributed by atoms with van der Waals surface area (Å²) >= 11 is 0. The van der Waals surface area contributed by atoms with Crippen LogP contribution in [0.5, 0.6) is 0 Å². The molecule has 37 heavy (non-hydrogen) atoms. The third-order valence-corrected chi connectivity index (χ3v) is 6.43. The van der Waals surface area contributed by atoms with E-state index in [1.807, 2.05) is 48.5 Å². The average Bonchev–Trinajstić information content (AvgIpc) is 3.26. The Balaban J connectivity index is 2.20. The lowest BCUT2D eigenvalue weighted by Gasteiger charge is -2.37. The molecule has 2 atom stereocenters. The Morgan fingerprint density at radius 2 is 1.97 bits per heavy atom. The van der Waals surface area contributed by atoms with Crippen LogP contribution in [0.3, 0.4) is 0 Å². The maximum atomic E-state index is 12.8. The molecule has 206 valence electrons. The summed E-state index contributed by atoms with van der Waals surface area (Å²) in [6.07, 6.45) is 2.24. The molecular weight excluding hydrogens is 476 g/mol. The van der Waals surface area contributed by atoms with Crippen LogP contribution in [0.15, 0.2) is 30.9 Å². The van der Waals surface area contributed by atoms with E-state index in [9.17, 15) is 19.7 Å². The van der Waals surface area contributed by atoms with Crippen molar-refractivity contribution in [2.24, 2.45) is 5.41 Å². The Labute approximate surface area is 220 Å². The van der Waals surface area contributed by atoms with Crippen LogP contribution < -0.4 is 5.32 Å². The van der Waals surface area contributed by atoms with Gasteiger partial charge in [0.05, 0.1) is 11.0 Å². The first kappa shape index (κ1) is 29.9. The molecule has 1 aromatic rings. The van der Waals surface area contributed by atoms with E-state index in [1.165, 1.54) is 12.1 Å². The molecule has 10 nitrogen and oxygen atoms in total. The summed E-state index contributed by atoms with van der Waals surface area (Å²) in [6.45, 7) is 18.2. The maximum Gasteiger partial charge on any atom is 0.410 e. The Morgan fingerprint density at radius 1 is 1.30 bits per heavy atom. The van der Waals surface area contributed by atoms with E-state index in [2.05, 4.69) is 11.9 Å². The molecule has 10 heteroatoms. The molecule has 0 aromatic heterocycles. The van der Waals surface area contributed by atoms with Crippen LogP contribution >= 0.6 is 0 Å². The minimum Gasteiger partial charge on any atom is -0.445 e. The zero-order chi connectivity index (χ0) is 28.0. The van der Waals surface area contributed by atoms with Crippen LogP contribution in [0.1, 0.15) is 66.9 Å². The number of hydrogen-bond acceptors (Lipinski definition) is 7. The van der Waals surface area contributed by atoms with E-state index in [4.69, 9.17) is 9.47 Å². The van der Waals surface area contributed by atoms with Crippen LogP contribution in [-0.4, -0.2) is 64.3 Å². The van der Waals surface area contributed by atoms with Gasteiger partial charge < -0.3 is 24.6 Å². The number of carbonyl (C=O) groups excluding carboxylic acids is 2. The quantitative estimate of drug-likeness (QED) is 0.243. The van der Waals surface area contributed by atoms with E-state index in [0.29, 0.717) is 24.3 Å². The normalized spacial score (nSPS) is 16.6. The van der Waals surface area contributed by atoms with Gasteiger partial charge in [0.15, 0.2) is 0 Å². The van der Waals surface area contributed by atoms with Gasteiger partial charge in [-0.25, -0.2) is 9.59 Å². The predicted octanol–water partition coefficient (Wildman–Crippen LogP) is 5.97. The van der Waals surface area contributed by atoms with Crippen molar-refractivity contribution in [2.75, 3.05) is 25.0 Å². The second kappa shape index (κ2) is 12.3. The lowest BCUT2D eigenvalue weighted by molar-refractivity contribution is -0.384. The SMILES string of the molecule is C=CCOC(=O)N(Cc1ccc(NCC2CCCN2C(=O)OC(C)(C)C)c([N+](=O)[O-])c1)[C@@H](C)C(C)(C)C. The number of anilines is 1. The molecule has 1 unspecified atom stereocenters. The molecule has 1 fully saturated rings. The second-order valence-corrected chi connectivity index (χ2v) is 11.5. The first-order chi connectivity index (χ1) is 17.1. The highest BCUT2D eigenvalue weighted by Crippen LogP contribution is 2.30. The van der Waals surface area contributed by atoms with Gasteiger partial charge in [0.1, 0.15) is 17.9 Å². The van der Waals surface area contributed by atoms with Crippen LogP contribution in [0.4, 0.5) is 21.0 Å². The van der Waals surface area contributed by atoms with Crippen molar-refractivity contribution in [2.45, 2.75) is 85.5 Å². The number of nitrogens with zero attached hydrogens (tertiary/aromatic N) is 3. The summed E-state index contributed by atoms with van der Waals surface area (Å²) in [5.74, 6) is 0. The largest absolute Gasteiger partial charge is 0.445 e. The summed E-state index contributed by atoms with van der Waals surface area (Å²) in [5.41, 5.74) is 0.0433. The van der Waals surface area contributed by atoms with Crippen molar-refractivity contribution in [1.29, 1.82) is 0 Å². The topological polar surface area (TPSA) is 114 Å². The fourth-order valence-electron chi connectivity index (χ4n) is 4.05. The molecule has 1 saturated heterocycles. The number of nitro benzene ring substituents is 1. The minimum atomic E-state index is -0.594. The predicted molar refractivity (Wildman–Crippen MR) is 144 cm³/mol. The van der Waals surface area contributed by atoms with E-state index in [0.717, 1.165) is 12.8 Å². The highest BCUT2D eigenvalue weighted by atomic mass is 16.6. The van der Waals surface area contributed by atoms with Gasteiger partial charge in [0.2, 0.25) is 0 Å². The maximum absolute atomic E-state index is 12.8. The molecule has 2 rings (SSSR count). The highest BCUT2D eigenvalue weighted by Gasteiger charge is 2.33. The lowest BCUT2D eigenvalue weighted by atomic mass is 9.87. The number of ether oxygens (including phenoxy) is 2. The van der Waals surface area contributed by atoms with Crippen LogP contribution in [0.2, 0.25) is 0 Å². The minimum absolute atomic E-state index is 0.0800. The van der Waals surface area contributed by atoms with Gasteiger partial charge >= 0.3 is 12.2 Å².